The van der Waals surface area contributed by atoms with Crippen molar-refractivity contribution in [2.45, 2.75) is 32.1 Å². The minimum Gasteiger partial charge on any atom is -0.342 e. The Hall–Kier alpha value is -2.53. The molecule has 0 bridgehead atoms. The smallest absolute Gasteiger partial charge is 0.227 e. The number of amides is 1. The van der Waals surface area contributed by atoms with Gasteiger partial charge in [0.2, 0.25) is 5.91 Å². The van der Waals surface area contributed by atoms with Crippen molar-refractivity contribution in [1.29, 1.82) is 0 Å². The fourth-order valence-electron chi connectivity index (χ4n) is 3.56. The van der Waals surface area contributed by atoms with Crippen molar-refractivity contribution in [3.63, 3.8) is 0 Å². The van der Waals surface area contributed by atoms with Crippen molar-refractivity contribution in [2.75, 3.05) is 13.1 Å². The van der Waals surface area contributed by atoms with E-state index >= 15 is 0 Å². The quantitative estimate of drug-likeness (QED) is 0.674. The van der Waals surface area contributed by atoms with Crippen molar-refractivity contribution >= 4 is 17.2 Å². The molecule has 1 fully saturated rings. The van der Waals surface area contributed by atoms with Crippen molar-refractivity contribution in [1.82, 2.24) is 14.9 Å². The zero-order valence-electron chi connectivity index (χ0n) is 15.5. The molecule has 4 nitrogen and oxygen atoms in total. The van der Waals surface area contributed by atoms with Crippen LogP contribution in [0.3, 0.4) is 0 Å². The number of carbonyl (C=O) groups excluding carboxylic acids is 1. The molecule has 1 saturated heterocycles. The lowest BCUT2D eigenvalue weighted by atomic mass is 9.94. The minimum absolute atomic E-state index is 0.218. The number of thiophene rings is 1. The van der Waals surface area contributed by atoms with Gasteiger partial charge >= 0.3 is 0 Å². The summed E-state index contributed by atoms with van der Waals surface area (Å²) in [5.74, 6) is 1.25. The molecule has 1 atom stereocenters. The maximum absolute atomic E-state index is 12.7. The van der Waals surface area contributed by atoms with Gasteiger partial charge in [0.25, 0.3) is 0 Å². The van der Waals surface area contributed by atoms with Gasteiger partial charge in [-0.3, -0.25) is 4.79 Å². The summed E-state index contributed by atoms with van der Waals surface area (Å²) < 4.78 is 0. The lowest BCUT2D eigenvalue weighted by Gasteiger charge is -2.32. The Morgan fingerprint density at radius 2 is 2.07 bits per heavy atom. The van der Waals surface area contributed by atoms with Crippen LogP contribution in [0, 0.1) is 6.92 Å². The van der Waals surface area contributed by atoms with Crippen molar-refractivity contribution in [2.24, 2.45) is 0 Å². The fraction of sp³-hybridized carbons (Fsp3) is 0.318. The van der Waals surface area contributed by atoms with Gasteiger partial charge in [-0.1, -0.05) is 35.9 Å². The highest BCUT2D eigenvalue weighted by molar-refractivity contribution is 7.10. The summed E-state index contributed by atoms with van der Waals surface area (Å²) in [6, 6.07) is 14.3. The van der Waals surface area contributed by atoms with Gasteiger partial charge in [0.1, 0.15) is 0 Å². The molecule has 2 aromatic heterocycles. The van der Waals surface area contributed by atoms with Gasteiger partial charge in [0, 0.05) is 41.3 Å². The van der Waals surface area contributed by atoms with Gasteiger partial charge in [-0.15, -0.1) is 11.3 Å². The van der Waals surface area contributed by atoms with Crippen LogP contribution in [0.2, 0.25) is 0 Å². The Labute approximate surface area is 163 Å². The van der Waals surface area contributed by atoms with Gasteiger partial charge in [0.05, 0.1) is 6.42 Å². The predicted molar refractivity (Wildman–Crippen MR) is 109 cm³/mol. The van der Waals surface area contributed by atoms with Gasteiger partial charge in [0.15, 0.2) is 5.82 Å². The molecule has 3 aromatic rings. The van der Waals surface area contributed by atoms with Crippen LogP contribution in [0.4, 0.5) is 0 Å². The molecule has 1 unspecified atom stereocenters. The Morgan fingerprint density at radius 3 is 2.85 bits per heavy atom. The van der Waals surface area contributed by atoms with Gasteiger partial charge < -0.3 is 4.90 Å². The normalized spacial score (nSPS) is 17.1. The maximum atomic E-state index is 12.7. The highest BCUT2D eigenvalue weighted by Gasteiger charge is 2.26. The first-order valence-corrected chi connectivity index (χ1v) is 10.3. The predicted octanol–water partition coefficient (Wildman–Crippen LogP) is 4.46. The third kappa shape index (κ3) is 4.25. The van der Waals surface area contributed by atoms with Crippen LogP contribution in [0.25, 0.3) is 11.4 Å². The first-order valence-electron chi connectivity index (χ1n) is 9.39. The number of hydrogen-bond donors (Lipinski definition) is 0. The summed E-state index contributed by atoms with van der Waals surface area (Å²) in [7, 11) is 0. The number of nitrogens with zero attached hydrogens (tertiary/aromatic N) is 3. The minimum atomic E-state index is 0.218. The van der Waals surface area contributed by atoms with E-state index in [0.29, 0.717) is 6.42 Å². The van der Waals surface area contributed by atoms with Crippen LogP contribution in [0.1, 0.15) is 34.9 Å². The van der Waals surface area contributed by atoms with E-state index in [-0.39, 0.29) is 11.8 Å². The SMILES string of the molecule is Cc1ccc(-c2nccc(C3CCCN(C(=O)Cc4cccs4)C3)n2)cc1. The zero-order valence-corrected chi connectivity index (χ0v) is 16.3. The Morgan fingerprint density at radius 1 is 1.22 bits per heavy atom. The van der Waals surface area contributed by atoms with Crippen LogP contribution in [0.15, 0.2) is 54.0 Å². The summed E-state index contributed by atoms with van der Waals surface area (Å²) in [5, 5.41) is 2.02. The topological polar surface area (TPSA) is 46.1 Å². The van der Waals surface area contributed by atoms with Crippen molar-refractivity contribution < 1.29 is 4.79 Å². The number of aromatic nitrogens is 2. The summed E-state index contributed by atoms with van der Waals surface area (Å²) >= 11 is 1.64. The highest BCUT2D eigenvalue weighted by atomic mass is 32.1. The number of hydrogen-bond acceptors (Lipinski definition) is 4. The lowest BCUT2D eigenvalue weighted by molar-refractivity contribution is -0.131. The summed E-state index contributed by atoms with van der Waals surface area (Å²) in [6.45, 7) is 3.66. The van der Waals surface area contributed by atoms with Crippen LogP contribution in [-0.4, -0.2) is 33.9 Å². The molecule has 27 heavy (non-hydrogen) atoms. The van der Waals surface area contributed by atoms with Crippen LogP contribution in [-0.2, 0) is 11.2 Å². The largest absolute Gasteiger partial charge is 0.342 e. The fourth-order valence-corrected chi connectivity index (χ4v) is 4.26. The van der Waals surface area contributed by atoms with E-state index in [1.54, 1.807) is 11.3 Å². The van der Waals surface area contributed by atoms with E-state index in [1.165, 1.54) is 5.56 Å². The molecular formula is C22H23N3OS. The molecule has 3 heterocycles. The highest BCUT2D eigenvalue weighted by Crippen LogP contribution is 2.27. The van der Waals surface area contributed by atoms with E-state index < -0.39 is 0 Å². The summed E-state index contributed by atoms with van der Waals surface area (Å²) in [5.41, 5.74) is 3.29. The molecule has 0 spiro atoms. The zero-order chi connectivity index (χ0) is 18.6. The van der Waals surface area contributed by atoms with Crippen LogP contribution in [0.5, 0.6) is 0 Å². The van der Waals surface area contributed by atoms with Gasteiger partial charge in [-0.25, -0.2) is 9.97 Å². The Balaban J connectivity index is 1.48. The van der Waals surface area contributed by atoms with E-state index in [4.69, 9.17) is 4.98 Å². The average molecular weight is 378 g/mol. The number of carbonyl (C=O) groups is 1. The van der Waals surface area contributed by atoms with E-state index in [2.05, 4.69) is 36.2 Å². The first-order chi connectivity index (χ1) is 13.2. The third-order valence-electron chi connectivity index (χ3n) is 5.08. The monoisotopic (exact) mass is 377 g/mol. The molecule has 0 saturated carbocycles. The maximum Gasteiger partial charge on any atom is 0.227 e. The van der Waals surface area contributed by atoms with Crippen molar-refractivity contribution in [3.05, 3.63) is 70.2 Å². The first kappa shape index (κ1) is 17.9. The summed E-state index contributed by atoms with van der Waals surface area (Å²) in [4.78, 5) is 25.1. The second-order valence-corrected chi connectivity index (χ2v) is 8.14. The molecule has 1 aliphatic heterocycles. The molecule has 138 valence electrons. The second-order valence-electron chi connectivity index (χ2n) is 7.11. The molecule has 0 N–H and O–H groups in total. The molecule has 1 amide bonds. The molecular weight excluding hydrogens is 354 g/mol. The Kier molecular flexibility index (Phi) is 5.30. The van der Waals surface area contributed by atoms with Crippen LogP contribution >= 0.6 is 11.3 Å². The number of likely N-dealkylation sites (tertiary alicyclic amines) is 1. The van der Waals surface area contributed by atoms with Gasteiger partial charge in [-0.05, 0) is 37.3 Å². The van der Waals surface area contributed by atoms with E-state index in [1.807, 2.05) is 34.7 Å². The molecule has 0 aliphatic carbocycles. The lowest BCUT2D eigenvalue weighted by Crippen LogP contribution is -2.40. The molecule has 4 rings (SSSR count). The molecule has 1 aromatic carbocycles. The van der Waals surface area contributed by atoms with Crippen LogP contribution < -0.4 is 0 Å². The van der Waals surface area contributed by atoms with E-state index in [9.17, 15) is 4.79 Å². The number of rotatable bonds is 4. The standard InChI is InChI=1S/C22H23N3OS/c1-16-6-8-17(9-7-16)22-23-11-10-20(24-22)18-4-2-12-25(15-18)21(26)14-19-5-3-13-27-19/h3,5-11,13,18H,2,4,12,14-15H2,1H3. The third-order valence-corrected chi connectivity index (χ3v) is 5.96. The molecule has 1 aliphatic rings. The van der Waals surface area contributed by atoms with E-state index in [0.717, 1.165) is 47.9 Å². The number of piperidine rings is 1. The molecule has 0 radical (unpaired) electrons. The number of benzene rings is 1. The summed E-state index contributed by atoms with van der Waals surface area (Å²) in [6.07, 6.45) is 4.42. The van der Waals surface area contributed by atoms with Crippen molar-refractivity contribution in [3.8, 4) is 11.4 Å². The molecule has 5 heteroatoms. The Bertz CT molecular complexity index is 906. The second kappa shape index (κ2) is 8.01. The average Bonchev–Trinajstić information content (AvgIpc) is 3.22. The number of aryl methyl sites for hydroxylation is 1. The van der Waals surface area contributed by atoms with Gasteiger partial charge in [-0.2, -0.15) is 0 Å².